The van der Waals surface area contributed by atoms with Crippen molar-refractivity contribution in [1.29, 1.82) is 0 Å². The number of nitrogens with one attached hydrogen (secondary N) is 1. The van der Waals surface area contributed by atoms with Crippen LogP contribution in [0.2, 0.25) is 0 Å². The number of amides is 1. The van der Waals surface area contributed by atoms with Crippen LogP contribution < -0.4 is 5.32 Å². The van der Waals surface area contributed by atoms with Crippen LogP contribution in [-0.4, -0.2) is 56.1 Å². The molecule has 0 radical (unpaired) electrons. The molecule has 8 atom stereocenters. The third-order valence-electron chi connectivity index (χ3n) is 11.2. The van der Waals surface area contributed by atoms with Gasteiger partial charge in [0.05, 0.1) is 16.2 Å². The van der Waals surface area contributed by atoms with Gasteiger partial charge in [-0.25, -0.2) is 4.79 Å². The van der Waals surface area contributed by atoms with Crippen molar-refractivity contribution in [2.45, 2.75) is 89.9 Å². The molecule has 4 N–H and O–H groups in total. The van der Waals surface area contributed by atoms with Gasteiger partial charge in [-0.05, 0) is 98.5 Å². The van der Waals surface area contributed by atoms with Crippen molar-refractivity contribution in [2.75, 3.05) is 6.61 Å². The summed E-state index contributed by atoms with van der Waals surface area (Å²) in [6.07, 6.45) is 8.22. The van der Waals surface area contributed by atoms with Gasteiger partial charge in [0, 0.05) is 12.1 Å². The number of carboxylic acids is 1. The first kappa shape index (κ1) is 30.2. The number of aliphatic carboxylic acids is 1. The normalized spacial score (nSPS) is 36.1. The largest absolute Gasteiger partial charge is 0.480 e. The minimum Gasteiger partial charge on any atom is -0.480 e. The second-order valence-corrected chi connectivity index (χ2v) is 13.3. The summed E-state index contributed by atoms with van der Waals surface area (Å²) >= 11 is 0. The Morgan fingerprint density at radius 3 is 2.60 bits per heavy atom. The molecule has 228 valence electrons. The third-order valence-corrected chi connectivity index (χ3v) is 11.2. The number of allylic oxidation sites excluding steroid dienone is 2. The third kappa shape index (κ3) is 5.21. The fourth-order valence-corrected chi connectivity index (χ4v) is 8.57. The molecule has 0 saturated heterocycles. The molecule has 0 heterocycles. The molecule has 3 fully saturated rings. The molecule has 0 unspecified atom stereocenters. The summed E-state index contributed by atoms with van der Waals surface area (Å²) in [5.74, 6) is -0.555. The Morgan fingerprint density at radius 2 is 1.88 bits per heavy atom. The lowest BCUT2D eigenvalue weighted by atomic mass is 9.46. The quantitative estimate of drug-likeness (QED) is 0.259. The van der Waals surface area contributed by atoms with Gasteiger partial charge >= 0.3 is 5.97 Å². The van der Waals surface area contributed by atoms with E-state index in [4.69, 9.17) is 4.84 Å². The van der Waals surface area contributed by atoms with E-state index in [9.17, 15) is 35.0 Å². The number of nitro groups is 1. The van der Waals surface area contributed by atoms with Crippen LogP contribution in [0.25, 0.3) is 0 Å². The van der Waals surface area contributed by atoms with E-state index < -0.39 is 41.2 Å². The lowest BCUT2D eigenvalue weighted by Gasteiger charge is -2.59. The van der Waals surface area contributed by atoms with Crippen molar-refractivity contribution in [3.63, 3.8) is 0 Å². The molecule has 1 aromatic carbocycles. The highest BCUT2D eigenvalue weighted by Crippen LogP contribution is 2.67. The number of carbonyl (C=O) groups is 2. The predicted molar refractivity (Wildman–Crippen MR) is 153 cm³/mol. The van der Waals surface area contributed by atoms with Gasteiger partial charge < -0.3 is 25.5 Å². The second-order valence-electron chi connectivity index (χ2n) is 13.3. The summed E-state index contributed by atoms with van der Waals surface area (Å²) in [5.41, 5.74) is 1.25. The molecule has 1 amide bonds. The molecule has 11 nitrogen and oxygen atoms in total. The number of carboxylic acid groups (broad SMARTS) is 1. The van der Waals surface area contributed by atoms with Crippen LogP contribution in [0.5, 0.6) is 0 Å². The number of rotatable bonds is 8. The molecule has 0 bridgehead atoms. The summed E-state index contributed by atoms with van der Waals surface area (Å²) in [6, 6.07) is 3.24. The number of nitro benzene ring substituents is 1. The lowest BCUT2D eigenvalue weighted by Crippen LogP contribution is -2.53. The number of aliphatic hydroxyl groups excluding tert-OH is 1. The first-order valence-corrected chi connectivity index (χ1v) is 14.8. The van der Waals surface area contributed by atoms with Crippen LogP contribution in [0, 0.1) is 38.7 Å². The highest BCUT2D eigenvalue weighted by molar-refractivity contribution is 5.96. The summed E-state index contributed by atoms with van der Waals surface area (Å²) < 4.78 is 0. The van der Waals surface area contributed by atoms with Gasteiger partial charge in [0.1, 0.15) is 6.10 Å². The van der Waals surface area contributed by atoms with Crippen LogP contribution in [-0.2, 0) is 14.4 Å². The van der Waals surface area contributed by atoms with Gasteiger partial charge in [-0.1, -0.05) is 36.7 Å². The van der Waals surface area contributed by atoms with Crippen LogP contribution in [0.3, 0.4) is 0 Å². The summed E-state index contributed by atoms with van der Waals surface area (Å²) in [7, 11) is 0. The van der Waals surface area contributed by atoms with Crippen molar-refractivity contribution < 1.29 is 34.7 Å². The van der Waals surface area contributed by atoms with Crippen LogP contribution in [0.4, 0.5) is 5.69 Å². The van der Waals surface area contributed by atoms with E-state index in [1.165, 1.54) is 23.8 Å². The number of fused-ring (bicyclic) bond motifs is 5. The summed E-state index contributed by atoms with van der Waals surface area (Å²) in [6.45, 7) is 6.14. The van der Waals surface area contributed by atoms with Crippen molar-refractivity contribution >= 4 is 23.3 Å². The van der Waals surface area contributed by atoms with Gasteiger partial charge in [0.15, 0.2) is 12.6 Å². The average Bonchev–Trinajstić information content (AvgIpc) is 3.19. The molecule has 0 aromatic heterocycles. The second kappa shape index (κ2) is 11.1. The molecule has 0 aliphatic heterocycles. The van der Waals surface area contributed by atoms with E-state index >= 15 is 0 Å². The smallest absolute Gasteiger partial charge is 0.329 e. The highest BCUT2D eigenvalue weighted by atomic mass is 16.6. The van der Waals surface area contributed by atoms with E-state index in [1.807, 2.05) is 6.92 Å². The van der Waals surface area contributed by atoms with Gasteiger partial charge in [0.25, 0.3) is 11.6 Å². The Bertz CT molecular complexity index is 1320. The Morgan fingerprint density at radius 1 is 1.14 bits per heavy atom. The SMILES string of the molecule is C[C@]12CC/C(=N/OCC(=O)N[C@H](C(=O)O)[C@@H](O)c3cccc([N+](=O)[O-])c3)C=C1CC[C@@H]1[C@H]2CC[C@@]2(C)[C@@H]1CC[C@]2(C)O. The highest BCUT2D eigenvalue weighted by Gasteiger charge is 2.62. The molecule has 3 saturated carbocycles. The first-order valence-electron chi connectivity index (χ1n) is 14.8. The van der Waals surface area contributed by atoms with Gasteiger partial charge in [-0.2, -0.15) is 0 Å². The number of hydrogen-bond acceptors (Lipinski definition) is 8. The van der Waals surface area contributed by atoms with Crippen molar-refractivity contribution in [2.24, 2.45) is 33.7 Å². The molecule has 4 aliphatic carbocycles. The Hall–Kier alpha value is -3.31. The Kier molecular flexibility index (Phi) is 7.95. The zero-order valence-corrected chi connectivity index (χ0v) is 24.4. The van der Waals surface area contributed by atoms with E-state index in [0.29, 0.717) is 24.2 Å². The minimum absolute atomic E-state index is 0.00874. The molecular weight excluding hydrogens is 542 g/mol. The maximum atomic E-state index is 12.5. The Labute approximate surface area is 245 Å². The van der Waals surface area contributed by atoms with E-state index in [-0.39, 0.29) is 22.1 Å². The van der Waals surface area contributed by atoms with E-state index in [2.05, 4.69) is 30.4 Å². The molecule has 5 rings (SSSR count). The lowest BCUT2D eigenvalue weighted by molar-refractivity contribution is -0.385. The van der Waals surface area contributed by atoms with E-state index in [1.54, 1.807) is 0 Å². The fourth-order valence-electron chi connectivity index (χ4n) is 8.57. The number of benzene rings is 1. The number of nitrogens with zero attached hydrogens (tertiary/aromatic N) is 2. The standard InChI is InChI=1S/C31H41N3O8/c1-29-12-9-20(16-19(29)7-8-22-23(29)10-13-30(2)24(22)11-14-31(30,3)39)33-42-17-25(35)32-26(28(37)38)27(36)18-5-4-6-21(15-18)34(40)41/h4-6,15-16,22-24,26-27,36,39H,7-14,17H2,1-3H3,(H,32,35)(H,37,38)/b33-20-/t22-,23-,24-,26+,27+,29+,30+,31+/m1/s1. The van der Waals surface area contributed by atoms with Gasteiger partial charge in [0.2, 0.25) is 0 Å². The predicted octanol–water partition coefficient (Wildman–Crippen LogP) is 4.28. The number of carbonyl (C=O) groups excluding carboxylic acids is 1. The van der Waals surface area contributed by atoms with Crippen molar-refractivity contribution in [3.05, 3.63) is 51.6 Å². The van der Waals surface area contributed by atoms with Gasteiger partial charge in [-0.15, -0.1) is 0 Å². The van der Waals surface area contributed by atoms with Crippen LogP contribution in [0.15, 0.2) is 41.1 Å². The monoisotopic (exact) mass is 583 g/mol. The maximum absolute atomic E-state index is 12.5. The molecular formula is C31H41N3O8. The fraction of sp³-hybridized carbons (Fsp3) is 0.645. The van der Waals surface area contributed by atoms with Crippen LogP contribution >= 0.6 is 0 Å². The minimum atomic E-state index is -1.73. The number of non-ortho nitro benzene ring substituents is 1. The molecule has 4 aliphatic rings. The molecule has 42 heavy (non-hydrogen) atoms. The van der Waals surface area contributed by atoms with Crippen molar-refractivity contribution in [3.8, 4) is 0 Å². The molecule has 0 spiro atoms. The average molecular weight is 584 g/mol. The van der Waals surface area contributed by atoms with Crippen LogP contribution in [0.1, 0.15) is 83.8 Å². The number of aliphatic hydroxyl groups is 2. The van der Waals surface area contributed by atoms with Crippen molar-refractivity contribution in [1.82, 2.24) is 5.32 Å². The number of oxime groups is 1. The maximum Gasteiger partial charge on any atom is 0.329 e. The zero-order valence-electron chi connectivity index (χ0n) is 24.4. The Balaban J connectivity index is 1.20. The topological polar surface area (TPSA) is 172 Å². The zero-order chi connectivity index (χ0) is 30.4. The number of hydrogen-bond donors (Lipinski definition) is 4. The van der Waals surface area contributed by atoms with E-state index in [0.717, 1.165) is 56.7 Å². The van der Waals surface area contributed by atoms with Gasteiger partial charge in [-0.3, -0.25) is 14.9 Å². The first-order chi connectivity index (χ1) is 19.8. The molecule has 11 heteroatoms. The summed E-state index contributed by atoms with van der Waals surface area (Å²) in [4.78, 5) is 39.9. The molecule has 1 aromatic rings. The summed E-state index contributed by atoms with van der Waals surface area (Å²) in [5, 5.41) is 48.7.